The van der Waals surface area contributed by atoms with Crippen molar-refractivity contribution in [2.24, 2.45) is 0 Å². The SMILES string of the molecule is CCB(CC)N(C1=CCCCCC1)C1CCCCC1. The second kappa shape index (κ2) is 8.02. The molecule has 0 N–H and O–H groups in total. The van der Waals surface area contributed by atoms with Crippen molar-refractivity contribution in [2.75, 3.05) is 0 Å². The molecule has 0 atom stereocenters. The molecule has 1 saturated carbocycles. The lowest BCUT2D eigenvalue weighted by atomic mass is 9.53. The molecule has 0 aromatic heterocycles. The van der Waals surface area contributed by atoms with E-state index in [2.05, 4.69) is 24.7 Å². The minimum atomic E-state index is 0.785. The smallest absolute Gasteiger partial charge is 0.253 e. The Morgan fingerprint density at radius 2 is 1.68 bits per heavy atom. The molecule has 1 nitrogen and oxygen atoms in total. The van der Waals surface area contributed by atoms with E-state index in [-0.39, 0.29) is 0 Å². The quantitative estimate of drug-likeness (QED) is 0.590. The summed E-state index contributed by atoms with van der Waals surface area (Å²) in [5.74, 6) is 0. The Hall–Kier alpha value is -0.395. The summed E-state index contributed by atoms with van der Waals surface area (Å²) < 4.78 is 0. The van der Waals surface area contributed by atoms with Gasteiger partial charge in [-0.25, -0.2) is 0 Å². The average molecular weight is 261 g/mol. The molecule has 0 saturated heterocycles. The molecule has 0 aliphatic heterocycles. The fourth-order valence-corrected chi connectivity index (χ4v) is 4.04. The van der Waals surface area contributed by atoms with Crippen molar-refractivity contribution in [3.05, 3.63) is 11.8 Å². The monoisotopic (exact) mass is 261 g/mol. The van der Waals surface area contributed by atoms with Crippen LogP contribution in [0.2, 0.25) is 12.6 Å². The summed E-state index contributed by atoms with van der Waals surface area (Å²) in [5, 5.41) is 0. The van der Waals surface area contributed by atoms with Crippen molar-refractivity contribution in [3.63, 3.8) is 0 Å². The lowest BCUT2D eigenvalue weighted by molar-refractivity contribution is 0.283. The average Bonchev–Trinajstić information content (AvgIpc) is 2.74. The molecule has 0 unspecified atom stereocenters. The fraction of sp³-hybridized carbons (Fsp3) is 0.882. The first-order valence-corrected chi connectivity index (χ1v) is 8.84. The van der Waals surface area contributed by atoms with E-state index < -0.39 is 0 Å². The van der Waals surface area contributed by atoms with Gasteiger partial charge in [-0.2, -0.15) is 0 Å². The standard InChI is InChI=1S/C17H32BN/c1-3-18(4-2)19(17-14-10-7-11-15-17)16-12-8-5-6-9-13-16/h12,17H,3-11,13-15H2,1-2H3. The molecule has 0 spiro atoms. The van der Waals surface area contributed by atoms with Crippen LogP contribution < -0.4 is 0 Å². The van der Waals surface area contributed by atoms with E-state index in [9.17, 15) is 0 Å². The zero-order chi connectivity index (χ0) is 13.5. The maximum Gasteiger partial charge on any atom is 0.253 e. The summed E-state index contributed by atoms with van der Waals surface area (Å²) in [6.45, 7) is 5.54. The van der Waals surface area contributed by atoms with Gasteiger partial charge in [0.2, 0.25) is 0 Å². The Balaban J connectivity index is 2.13. The first kappa shape index (κ1) is 15.0. The van der Waals surface area contributed by atoms with Crippen LogP contribution in [0.1, 0.15) is 78.1 Å². The Morgan fingerprint density at radius 1 is 1.00 bits per heavy atom. The highest BCUT2D eigenvalue weighted by Gasteiger charge is 2.29. The van der Waals surface area contributed by atoms with Crippen LogP contribution in [0, 0.1) is 0 Å². The molecule has 108 valence electrons. The van der Waals surface area contributed by atoms with E-state index in [1.165, 1.54) is 76.8 Å². The Kier molecular flexibility index (Phi) is 6.33. The summed E-state index contributed by atoms with van der Waals surface area (Å²) in [5.41, 5.74) is 1.71. The third kappa shape index (κ3) is 4.03. The fourth-order valence-electron chi connectivity index (χ4n) is 4.04. The topological polar surface area (TPSA) is 3.24 Å². The number of hydrogen-bond acceptors (Lipinski definition) is 1. The normalized spacial score (nSPS) is 21.7. The summed E-state index contributed by atoms with van der Waals surface area (Å²) >= 11 is 0. The summed E-state index contributed by atoms with van der Waals surface area (Å²) in [4.78, 5) is 2.88. The lowest BCUT2D eigenvalue weighted by Crippen LogP contribution is -2.45. The van der Waals surface area contributed by atoms with Gasteiger partial charge in [0.15, 0.2) is 0 Å². The molecule has 1 fully saturated rings. The van der Waals surface area contributed by atoms with E-state index in [4.69, 9.17) is 0 Å². The Labute approximate surface area is 120 Å². The Bertz CT molecular complexity index is 277. The molecule has 0 bridgehead atoms. The van der Waals surface area contributed by atoms with Crippen LogP contribution in [0.4, 0.5) is 0 Å². The highest BCUT2D eigenvalue weighted by molar-refractivity contribution is 6.56. The van der Waals surface area contributed by atoms with Crippen LogP contribution in [-0.2, 0) is 0 Å². The lowest BCUT2D eigenvalue weighted by Gasteiger charge is -2.42. The van der Waals surface area contributed by atoms with Crippen molar-refractivity contribution in [2.45, 2.75) is 96.7 Å². The van der Waals surface area contributed by atoms with Gasteiger partial charge in [0, 0.05) is 6.04 Å². The highest BCUT2D eigenvalue weighted by Crippen LogP contribution is 2.31. The van der Waals surface area contributed by atoms with E-state index in [1.54, 1.807) is 5.70 Å². The second-order valence-corrected chi connectivity index (χ2v) is 6.46. The number of nitrogens with zero attached hydrogens (tertiary/aromatic N) is 1. The van der Waals surface area contributed by atoms with Gasteiger partial charge in [0.25, 0.3) is 6.85 Å². The minimum Gasteiger partial charge on any atom is -0.416 e. The molecule has 2 aliphatic rings. The number of hydrogen-bond donors (Lipinski definition) is 0. The number of allylic oxidation sites excluding steroid dienone is 2. The van der Waals surface area contributed by atoms with E-state index >= 15 is 0 Å². The largest absolute Gasteiger partial charge is 0.416 e. The third-order valence-electron chi connectivity index (χ3n) is 5.15. The molecule has 0 aromatic rings. The van der Waals surface area contributed by atoms with Crippen LogP contribution in [0.25, 0.3) is 0 Å². The summed E-state index contributed by atoms with van der Waals surface area (Å²) in [6.07, 6.45) is 19.4. The van der Waals surface area contributed by atoms with Crippen molar-refractivity contribution >= 4 is 6.85 Å². The zero-order valence-electron chi connectivity index (χ0n) is 13.2. The van der Waals surface area contributed by atoms with Crippen LogP contribution in [0.5, 0.6) is 0 Å². The molecule has 0 aromatic carbocycles. The van der Waals surface area contributed by atoms with E-state index in [0.29, 0.717) is 0 Å². The van der Waals surface area contributed by atoms with Gasteiger partial charge in [0.1, 0.15) is 0 Å². The van der Waals surface area contributed by atoms with Gasteiger partial charge in [-0.15, -0.1) is 0 Å². The van der Waals surface area contributed by atoms with Crippen LogP contribution in [-0.4, -0.2) is 17.7 Å². The van der Waals surface area contributed by atoms with Crippen molar-refractivity contribution in [1.29, 1.82) is 0 Å². The third-order valence-corrected chi connectivity index (χ3v) is 5.15. The molecule has 2 aliphatic carbocycles. The molecule has 2 rings (SSSR count). The van der Waals surface area contributed by atoms with Gasteiger partial charge < -0.3 is 4.81 Å². The Morgan fingerprint density at radius 3 is 2.37 bits per heavy atom. The van der Waals surface area contributed by atoms with E-state index in [0.717, 1.165) is 12.9 Å². The highest BCUT2D eigenvalue weighted by atomic mass is 15.1. The van der Waals surface area contributed by atoms with Crippen LogP contribution in [0.15, 0.2) is 11.8 Å². The predicted molar refractivity (Wildman–Crippen MR) is 86.6 cm³/mol. The van der Waals surface area contributed by atoms with Gasteiger partial charge >= 0.3 is 0 Å². The first-order chi connectivity index (χ1) is 9.36. The summed E-state index contributed by atoms with van der Waals surface area (Å²) in [7, 11) is 0. The minimum absolute atomic E-state index is 0.785. The van der Waals surface area contributed by atoms with Crippen molar-refractivity contribution in [3.8, 4) is 0 Å². The molecular formula is C17H32BN. The maximum atomic E-state index is 2.88. The van der Waals surface area contributed by atoms with Gasteiger partial charge in [-0.1, -0.05) is 58.2 Å². The van der Waals surface area contributed by atoms with Gasteiger partial charge in [-0.3, -0.25) is 0 Å². The van der Waals surface area contributed by atoms with Crippen molar-refractivity contribution < 1.29 is 0 Å². The molecule has 19 heavy (non-hydrogen) atoms. The maximum absolute atomic E-state index is 2.88. The molecule has 0 amide bonds. The molecule has 0 radical (unpaired) electrons. The second-order valence-electron chi connectivity index (χ2n) is 6.46. The van der Waals surface area contributed by atoms with Crippen LogP contribution in [0.3, 0.4) is 0 Å². The predicted octanol–water partition coefficient (Wildman–Crippen LogP) is 5.50. The van der Waals surface area contributed by atoms with E-state index in [1.807, 2.05) is 0 Å². The molecular weight excluding hydrogens is 229 g/mol. The summed E-state index contributed by atoms with van der Waals surface area (Å²) in [6, 6.07) is 0.850. The van der Waals surface area contributed by atoms with Gasteiger partial charge in [0.05, 0.1) is 0 Å². The first-order valence-electron chi connectivity index (χ1n) is 8.84. The van der Waals surface area contributed by atoms with Crippen LogP contribution >= 0.6 is 0 Å². The molecule has 0 heterocycles. The van der Waals surface area contributed by atoms with Crippen molar-refractivity contribution in [1.82, 2.24) is 4.81 Å². The molecule has 2 heteroatoms. The zero-order valence-corrected chi connectivity index (χ0v) is 13.2. The number of rotatable bonds is 5. The van der Waals surface area contributed by atoms with Gasteiger partial charge in [-0.05, 0) is 44.2 Å².